The van der Waals surface area contributed by atoms with E-state index < -0.39 is 0 Å². The second-order valence-corrected chi connectivity index (χ2v) is 7.44. The number of nitrogens with zero attached hydrogens (tertiary/aromatic N) is 2. The number of hydrogen-bond acceptors (Lipinski definition) is 4. The van der Waals surface area contributed by atoms with Crippen LogP contribution in [0.15, 0.2) is 18.2 Å². The summed E-state index contributed by atoms with van der Waals surface area (Å²) in [5.41, 5.74) is 2.61. The highest BCUT2D eigenvalue weighted by atomic mass is 16.2. The molecule has 2 rings (SSSR count). The van der Waals surface area contributed by atoms with Crippen LogP contribution in [0.5, 0.6) is 0 Å². The average molecular weight is 374 g/mol. The number of nitrogens with one attached hydrogen (secondary N) is 2. The van der Waals surface area contributed by atoms with Crippen LogP contribution in [-0.2, 0) is 9.59 Å². The van der Waals surface area contributed by atoms with E-state index in [0.717, 1.165) is 11.1 Å². The summed E-state index contributed by atoms with van der Waals surface area (Å²) in [5.74, 6) is -0.330. The number of rotatable bonds is 6. The van der Waals surface area contributed by atoms with E-state index in [1.165, 1.54) is 0 Å². The number of amides is 3. The maximum atomic E-state index is 12.4. The number of aryl methyl sites for hydroxylation is 2. The molecule has 27 heavy (non-hydrogen) atoms. The van der Waals surface area contributed by atoms with E-state index in [2.05, 4.69) is 10.6 Å². The summed E-state index contributed by atoms with van der Waals surface area (Å²) in [4.78, 5) is 40.2. The molecular formula is C20H30N4O3. The summed E-state index contributed by atoms with van der Waals surface area (Å²) in [5, 5.41) is 5.58. The van der Waals surface area contributed by atoms with E-state index in [0.29, 0.717) is 38.3 Å². The van der Waals surface area contributed by atoms with Gasteiger partial charge in [-0.05, 0) is 39.8 Å². The molecule has 0 aliphatic carbocycles. The zero-order valence-electron chi connectivity index (χ0n) is 16.7. The molecule has 0 radical (unpaired) electrons. The molecule has 7 heteroatoms. The molecule has 0 aromatic heterocycles. The molecule has 1 heterocycles. The lowest BCUT2D eigenvalue weighted by Crippen LogP contribution is -2.53. The zero-order chi connectivity index (χ0) is 20.0. The van der Waals surface area contributed by atoms with Gasteiger partial charge in [-0.2, -0.15) is 0 Å². The quantitative estimate of drug-likeness (QED) is 0.768. The van der Waals surface area contributed by atoms with Crippen LogP contribution in [0.1, 0.15) is 35.3 Å². The Morgan fingerprint density at radius 2 is 1.59 bits per heavy atom. The first-order valence-electron chi connectivity index (χ1n) is 9.40. The highest BCUT2D eigenvalue weighted by molar-refractivity contribution is 5.96. The van der Waals surface area contributed by atoms with Crippen LogP contribution in [0, 0.1) is 13.8 Å². The van der Waals surface area contributed by atoms with Crippen molar-refractivity contribution >= 4 is 17.7 Å². The SMILES string of the molecule is Cc1cc(C)cc(C(=O)NCC(=O)N2CCN(CC(=O)NC(C)C)CC2)c1. The lowest BCUT2D eigenvalue weighted by Gasteiger charge is -2.34. The fourth-order valence-electron chi connectivity index (χ4n) is 3.20. The fourth-order valence-corrected chi connectivity index (χ4v) is 3.20. The predicted octanol–water partition coefficient (Wildman–Crippen LogP) is 0.702. The van der Waals surface area contributed by atoms with Gasteiger partial charge in [0.05, 0.1) is 13.1 Å². The third-order valence-electron chi connectivity index (χ3n) is 4.43. The van der Waals surface area contributed by atoms with Gasteiger partial charge in [-0.15, -0.1) is 0 Å². The van der Waals surface area contributed by atoms with Crippen molar-refractivity contribution in [3.8, 4) is 0 Å². The van der Waals surface area contributed by atoms with Crippen molar-refractivity contribution < 1.29 is 14.4 Å². The Hall–Kier alpha value is -2.41. The van der Waals surface area contributed by atoms with Gasteiger partial charge in [0, 0.05) is 37.8 Å². The minimum atomic E-state index is -0.237. The number of carbonyl (C=O) groups is 3. The van der Waals surface area contributed by atoms with Crippen molar-refractivity contribution in [1.82, 2.24) is 20.4 Å². The molecule has 148 valence electrons. The largest absolute Gasteiger partial charge is 0.353 e. The molecule has 7 nitrogen and oxygen atoms in total. The van der Waals surface area contributed by atoms with Gasteiger partial charge in [-0.3, -0.25) is 19.3 Å². The third kappa shape index (κ3) is 6.67. The highest BCUT2D eigenvalue weighted by Crippen LogP contribution is 2.09. The van der Waals surface area contributed by atoms with Gasteiger partial charge < -0.3 is 15.5 Å². The van der Waals surface area contributed by atoms with Crippen molar-refractivity contribution in [3.05, 3.63) is 34.9 Å². The monoisotopic (exact) mass is 374 g/mol. The normalized spacial score (nSPS) is 14.9. The van der Waals surface area contributed by atoms with Gasteiger partial charge in [0.1, 0.15) is 0 Å². The van der Waals surface area contributed by atoms with Crippen LogP contribution in [0.3, 0.4) is 0 Å². The fraction of sp³-hybridized carbons (Fsp3) is 0.550. The van der Waals surface area contributed by atoms with E-state index in [9.17, 15) is 14.4 Å². The Morgan fingerprint density at radius 3 is 2.15 bits per heavy atom. The lowest BCUT2D eigenvalue weighted by atomic mass is 10.1. The molecule has 1 aromatic rings. The summed E-state index contributed by atoms with van der Waals surface area (Å²) < 4.78 is 0. The minimum absolute atomic E-state index is 0.00508. The van der Waals surface area contributed by atoms with Crippen LogP contribution in [0.25, 0.3) is 0 Å². The van der Waals surface area contributed by atoms with Crippen LogP contribution >= 0.6 is 0 Å². The molecule has 0 unspecified atom stereocenters. The second kappa shape index (κ2) is 9.50. The molecule has 1 aliphatic heterocycles. The van der Waals surface area contributed by atoms with Gasteiger partial charge in [-0.25, -0.2) is 0 Å². The molecule has 1 saturated heterocycles. The zero-order valence-corrected chi connectivity index (χ0v) is 16.7. The minimum Gasteiger partial charge on any atom is -0.353 e. The van der Waals surface area contributed by atoms with Gasteiger partial charge in [-0.1, -0.05) is 17.2 Å². The van der Waals surface area contributed by atoms with Crippen LogP contribution < -0.4 is 10.6 Å². The molecule has 1 aliphatic rings. The van der Waals surface area contributed by atoms with Crippen molar-refractivity contribution in [2.45, 2.75) is 33.7 Å². The topological polar surface area (TPSA) is 81.8 Å². The third-order valence-corrected chi connectivity index (χ3v) is 4.43. The Kier molecular flexibility index (Phi) is 7.36. The summed E-state index contributed by atoms with van der Waals surface area (Å²) in [6.07, 6.45) is 0. The molecule has 1 aromatic carbocycles. The molecular weight excluding hydrogens is 344 g/mol. The molecule has 3 amide bonds. The Morgan fingerprint density at radius 1 is 1.00 bits per heavy atom. The van der Waals surface area contributed by atoms with E-state index in [1.807, 2.05) is 50.8 Å². The van der Waals surface area contributed by atoms with E-state index in [1.54, 1.807) is 4.90 Å². The van der Waals surface area contributed by atoms with E-state index in [-0.39, 0.29) is 30.3 Å². The highest BCUT2D eigenvalue weighted by Gasteiger charge is 2.22. The number of carbonyl (C=O) groups excluding carboxylic acids is 3. The first-order chi connectivity index (χ1) is 12.7. The lowest BCUT2D eigenvalue weighted by molar-refractivity contribution is -0.132. The number of hydrogen-bond donors (Lipinski definition) is 2. The summed E-state index contributed by atoms with van der Waals surface area (Å²) in [6.45, 7) is 10.5. The van der Waals surface area contributed by atoms with Gasteiger partial charge >= 0.3 is 0 Å². The van der Waals surface area contributed by atoms with E-state index in [4.69, 9.17) is 0 Å². The van der Waals surface area contributed by atoms with Crippen molar-refractivity contribution in [2.75, 3.05) is 39.3 Å². The van der Waals surface area contributed by atoms with Crippen molar-refractivity contribution in [1.29, 1.82) is 0 Å². The summed E-state index contributed by atoms with van der Waals surface area (Å²) in [6, 6.07) is 5.76. The molecule has 0 spiro atoms. The molecule has 2 N–H and O–H groups in total. The van der Waals surface area contributed by atoms with Crippen LogP contribution in [-0.4, -0.2) is 72.8 Å². The predicted molar refractivity (Wildman–Crippen MR) is 105 cm³/mol. The Labute approximate surface area is 161 Å². The molecule has 0 saturated carbocycles. The molecule has 0 atom stereocenters. The standard InChI is InChI=1S/C20H30N4O3/c1-14(2)22-18(25)13-23-5-7-24(8-6-23)19(26)12-21-20(27)17-10-15(3)9-16(4)11-17/h9-11,14H,5-8,12-13H2,1-4H3,(H,21,27)(H,22,25). The van der Waals surface area contributed by atoms with E-state index >= 15 is 0 Å². The van der Waals surface area contributed by atoms with Crippen molar-refractivity contribution in [3.63, 3.8) is 0 Å². The smallest absolute Gasteiger partial charge is 0.251 e. The first-order valence-corrected chi connectivity index (χ1v) is 9.40. The van der Waals surface area contributed by atoms with Crippen molar-refractivity contribution in [2.24, 2.45) is 0 Å². The van der Waals surface area contributed by atoms with Gasteiger partial charge in [0.2, 0.25) is 11.8 Å². The molecule has 1 fully saturated rings. The maximum Gasteiger partial charge on any atom is 0.251 e. The first kappa shape index (κ1) is 20.9. The number of piperazine rings is 1. The average Bonchev–Trinajstić information content (AvgIpc) is 2.58. The Balaban J connectivity index is 1.76. The summed E-state index contributed by atoms with van der Waals surface area (Å²) >= 11 is 0. The van der Waals surface area contributed by atoms with Crippen LogP contribution in [0.4, 0.5) is 0 Å². The maximum absolute atomic E-state index is 12.4. The Bertz CT molecular complexity index is 674. The van der Waals surface area contributed by atoms with Gasteiger partial charge in [0.25, 0.3) is 5.91 Å². The number of benzene rings is 1. The second-order valence-electron chi connectivity index (χ2n) is 7.44. The summed E-state index contributed by atoms with van der Waals surface area (Å²) in [7, 11) is 0. The van der Waals surface area contributed by atoms with Crippen LogP contribution in [0.2, 0.25) is 0 Å². The van der Waals surface area contributed by atoms with Gasteiger partial charge in [0.15, 0.2) is 0 Å². The molecule has 0 bridgehead atoms.